The molecule has 1 rings (SSSR count). The number of nitrogens with two attached hydrogens (primary N) is 1. The number of aldehydes is 1. The fourth-order valence-corrected chi connectivity index (χ4v) is 0.682. The van der Waals surface area contributed by atoms with E-state index in [1.807, 2.05) is 6.92 Å². The van der Waals surface area contributed by atoms with Crippen LogP contribution in [0.1, 0.15) is 16.2 Å². The van der Waals surface area contributed by atoms with Gasteiger partial charge in [0.25, 0.3) is 0 Å². The molecular formula is C10H16N4O2. The van der Waals surface area contributed by atoms with E-state index in [0.717, 1.165) is 25.2 Å². The van der Waals surface area contributed by atoms with Crippen LogP contribution in [-0.4, -0.2) is 35.9 Å². The van der Waals surface area contributed by atoms with Gasteiger partial charge >= 0.3 is 0 Å². The molecule has 0 fully saturated rings. The largest absolute Gasteiger partial charge is 0.400 e. The molecule has 0 aliphatic heterocycles. The summed E-state index contributed by atoms with van der Waals surface area (Å²) in [6.07, 6.45) is 2.49. The van der Waals surface area contributed by atoms with Gasteiger partial charge in [-0.25, -0.2) is 4.98 Å². The Balaban J connectivity index is 0. The molecule has 1 aromatic rings. The van der Waals surface area contributed by atoms with Crippen molar-refractivity contribution in [3.8, 4) is 0 Å². The number of nitrogens with one attached hydrogen (secondary N) is 2. The number of aliphatic hydroxyl groups is 1. The van der Waals surface area contributed by atoms with Crippen LogP contribution in [0.15, 0.2) is 12.1 Å². The van der Waals surface area contributed by atoms with E-state index < -0.39 is 0 Å². The van der Waals surface area contributed by atoms with Gasteiger partial charge < -0.3 is 21.7 Å². The number of nitrogens with zero attached hydrogens (tertiary/aromatic N) is 1. The van der Waals surface area contributed by atoms with Gasteiger partial charge in [-0.15, -0.1) is 0 Å². The van der Waals surface area contributed by atoms with Gasteiger partial charge in [0, 0.05) is 25.2 Å². The monoisotopic (exact) mass is 224 g/mol. The second kappa shape index (κ2) is 11.0. The maximum Gasteiger partial charge on any atom is 0.170 e. The maximum atomic E-state index is 10.2. The molecule has 5 N–H and O–H groups in total. The lowest BCUT2D eigenvalue weighted by Crippen LogP contribution is -1.96. The first-order valence-electron chi connectivity index (χ1n) is 4.28. The number of aliphatic hydroxyl groups excluding tert-OH is 1. The third-order valence-electron chi connectivity index (χ3n) is 1.29. The highest BCUT2D eigenvalue weighted by Gasteiger charge is 1.96. The first-order valence-corrected chi connectivity index (χ1v) is 4.28. The molecule has 0 atom stereocenters. The average Bonchev–Trinajstić information content (AvgIpc) is 2.35. The molecule has 0 aromatic carbocycles. The number of aromatic nitrogens is 1. The number of pyridine rings is 1. The number of rotatable bonds is 2. The van der Waals surface area contributed by atoms with E-state index in [4.69, 9.17) is 21.7 Å². The highest BCUT2D eigenvalue weighted by atomic mass is 16.2. The predicted molar refractivity (Wildman–Crippen MR) is 64.5 cm³/mol. The molecule has 0 unspecified atom stereocenters. The van der Waals surface area contributed by atoms with E-state index in [2.05, 4.69) is 4.98 Å². The van der Waals surface area contributed by atoms with Crippen molar-refractivity contribution in [2.75, 3.05) is 12.8 Å². The third-order valence-corrected chi connectivity index (χ3v) is 1.29. The Labute approximate surface area is 94.2 Å². The highest BCUT2D eigenvalue weighted by molar-refractivity contribution is 6.12. The van der Waals surface area contributed by atoms with E-state index >= 15 is 0 Å². The zero-order valence-corrected chi connectivity index (χ0v) is 9.27. The topological polar surface area (TPSA) is 124 Å². The van der Waals surface area contributed by atoms with Gasteiger partial charge in [0.05, 0.1) is 5.69 Å². The van der Waals surface area contributed by atoms with Crippen molar-refractivity contribution in [2.24, 2.45) is 0 Å². The van der Waals surface area contributed by atoms with Crippen LogP contribution in [-0.2, 0) is 0 Å². The molecule has 0 radical (unpaired) electrons. The van der Waals surface area contributed by atoms with Crippen LogP contribution >= 0.6 is 0 Å². The lowest BCUT2D eigenvalue weighted by atomic mass is 10.3. The molecule has 0 aliphatic rings. The number of nitrogen functional groups attached to an aromatic ring is 1. The van der Waals surface area contributed by atoms with Gasteiger partial charge in [-0.2, -0.15) is 0 Å². The second-order valence-electron chi connectivity index (χ2n) is 2.38. The molecule has 16 heavy (non-hydrogen) atoms. The van der Waals surface area contributed by atoms with Crippen LogP contribution in [0.25, 0.3) is 0 Å². The Morgan fingerprint density at radius 3 is 2.12 bits per heavy atom. The molecule has 6 heteroatoms. The van der Waals surface area contributed by atoms with E-state index in [9.17, 15) is 4.79 Å². The Bertz CT molecular complexity index is 334. The molecule has 6 nitrogen and oxygen atoms in total. The molecule has 0 saturated carbocycles. The molecule has 0 saturated heterocycles. The van der Waals surface area contributed by atoms with Crippen LogP contribution in [0.2, 0.25) is 0 Å². The van der Waals surface area contributed by atoms with Crippen LogP contribution in [0.3, 0.4) is 0 Å². The van der Waals surface area contributed by atoms with E-state index in [-0.39, 0.29) is 0 Å². The summed E-state index contributed by atoms with van der Waals surface area (Å²) in [5.41, 5.74) is 6.96. The minimum absolute atomic E-state index is 0.319. The van der Waals surface area contributed by atoms with Gasteiger partial charge in [-0.1, -0.05) is 0 Å². The minimum atomic E-state index is 0.319. The lowest BCUT2D eigenvalue weighted by Gasteiger charge is -1.96. The summed E-state index contributed by atoms with van der Waals surface area (Å²) in [6.45, 7) is 1.81. The molecule has 1 heterocycles. The molecular weight excluding hydrogens is 208 g/mol. The first-order chi connectivity index (χ1) is 7.65. The fraction of sp³-hybridized carbons (Fsp3) is 0.200. The van der Waals surface area contributed by atoms with Crippen LogP contribution in [0.5, 0.6) is 0 Å². The number of anilines is 1. The van der Waals surface area contributed by atoms with Gasteiger partial charge in [-0.3, -0.25) is 4.79 Å². The predicted octanol–water partition coefficient (Wildman–Crippen LogP) is 0.679. The number of hydrogen-bond acceptors (Lipinski definition) is 6. The average molecular weight is 224 g/mol. The Morgan fingerprint density at radius 1 is 1.31 bits per heavy atom. The zero-order valence-electron chi connectivity index (χ0n) is 9.27. The van der Waals surface area contributed by atoms with Crippen molar-refractivity contribution in [1.29, 1.82) is 10.8 Å². The van der Waals surface area contributed by atoms with Crippen LogP contribution in [0, 0.1) is 17.7 Å². The Hall–Kier alpha value is -2.08. The van der Waals surface area contributed by atoms with Crippen LogP contribution in [0.4, 0.5) is 5.69 Å². The van der Waals surface area contributed by atoms with E-state index in [0.29, 0.717) is 17.7 Å². The SMILES string of the molecule is CO.Cc1ccc(N)c(C=O)n1.N=CC=N. The number of hydrogen-bond donors (Lipinski definition) is 4. The fourth-order valence-electron chi connectivity index (χ4n) is 0.682. The van der Waals surface area contributed by atoms with Crippen molar-refractivity contribution in [3.05, 3.63) is 23.5 Å². The quantitative estimate of drug-likeness (QED) is 0.435. The number of aryl methyl sites for hydroxylation is 1. The first kappa shape index (κ1) is 16.4. The molecule has 0 aliphatic carbocycles. The van der Waals surface area contributed by atoms with Crippen molar-refractivity contribution in [3.63, 3.8) is 0 Å². The van der Waals surface area contributed by atoms with E-state index in [1.165, 1.54) is 0 Å². The van der Waals surface area contributed by atoms with Crippen molar-refractivity contribution >= 4 is 24.4 Å². The van der Waals surface area contributed by atoms with Crippen molar-refractivity contribution in [1.82, 2.24) is 4.98 Å². The Morgan fingerprint density at radius 2 is 1.81 bits per heavy atom. The summed E-state index contributed by atoms with van der Waals surface area (Å²) in [6, 6.07) is 3.44. The third kappa shape index (κ3) is 7.34. The van der Waals surface area contributed by atoms with Crippen molar-refractivity contribution < 1.29 is 9.90 Å². The maximum absolute atomic E-state index is 10.2. The normalized spacial score (nSPS) is 7.44. The number of carbonyl (C=O) groups is 1. The summed E-state index contributed by atoms with van der Waals surface area (Å²) in [5.74, 6) is 0. The minimum Gasteiger partial charge on any atom is -0.400 e. The van der Waals surface area contributed by atoms with Gasteiger partial charge in [-0.05, 0) is 19.1 Å². The smallest absolute Gasteiger partial charge is 0.170 e. The molecule has 0 amide bonds. The number of carbonyl (C=O) groups excluding carboxylic acids is 1. The summed E-state index contributed by atoms with van der Waals surface area (Å²) in [4.78, 5) is 14.1. The molecule has 0 spiro atoms. The van der Waals surface area contributed by atoms with Crippen molar-refractivity contribution in [2.45, 2.75) is 6.92 Å². The van der Waals surface area contributed by atoms with E-state index in [1.54, 1.807) is 12.1 Å². The standard InChI is InChI=1S/C7H8N2O.C2H4N2.CH4O/c1-5-2-3-6(8)7(4-10)9-5;3-1-2-4;1-2/h2-4H,8H2,1H3;1-4H;2H,1H3. The van der Waals surface area contributed by atoms with Gasteiger partial charge in [0.1, 0.15) is 5.69 Å². The molecule has 88 valence electrons. The highest BCUT2D eigenvalue weighted by Crippen LogP contribution is 2.05. The second-order valence-corrected chi connectivity index (χ2v) is 2.38. The van der Waals surface area contributed by atoms with Gasteiger partial charge in [0.2, 0.25) is 0 Å². The summed E-state index contributed by atoms with van der Waals surface area (Å²) < 4.78 is 0. The zero-order chi connectivity index (χ0) is 13.0. The summed E-state index contributed by atoms with van der Waals surface area (Å²) >= 11 is 0. The summed E-state index contributed by atoms with van der Waals surface area (Å²) in [5, 5.41) is 19.2. The lowest BCUT2D eigenvalue weighted by molar-refractivity contribution is 0.111. The van der Waals surface area contributed by atoms with Gasteiger partial charge in [0.15, 0.2) is 6.29 Å². The Kier molecular flexibility index (Phi) is 11.2. The van der Waals surface area contributed by atoms with Crippen LogP contribution < -0.4 is 5.73 Å². The summed E-state index contributed by atoms with van der Waals surface area (Å²) in [7, 11) is 1.00. The molecule has 1 aromatic heterocycles. The molecule has 0 bridgehead atoms.